The number of pyridine rings is 1. The minimum absolute atomic E-state index is 0.354. The molecule has 2 heterocycles. The van der Waals surface area contributed by atoms with Crippen molar-refractivity contribution in [3.8, 4) is 0 Å². The summed E-state index contributed by atoms with van der Waals surface area (Å²) in [7, 11) is 0. The smallest absolute Gasteiger partial charge is 0.191 e. The van der Waals surface area contributed by atoms with Crippen molar-refractivity contribution in [2.75, 3.05) is 44.3 Å². The summed E-state index contributed by atoms with van der Waals surface area (Å²) in [5.74, 6) is 2.54. The van der Waals surface area contributed by atoms with Gasteiger partial charge in [0.15, 0.2) is 5.96 Å². The molecule has 150 valence electrons. The molecule has 1 aromatic rings. The fourth-order valence-corrected chi connectivity index (χ4v) is 3.21. The van der Waals surface area contributed by atoms with Gasteiger partial charge in [-0.25, -0.2) is 4.98 Å². The first-order chi connectivity index (χ1) is 13.2. The molecule has 1 saturated heterocycles. The Morgan fingerprint density at radius 2 is 2.15 bits per heavy atom. The van der Waals surface area contributed by atoms with Crippen LogP contribution in [-0.4, -0.2) is 67.6 Å². The third-order valence-electron chi connectivity index (χ3n) is 4.97. The zero-order valence-electron chi connectivity index (χ0n) is 16.3. The number of aliphatic hydroxyl groups excluding tert-OH is 1. The Morgan fingerprint density at radius 1 is 1.33 bits per heavy atom. The molecule has 7 heteroatoms. The van der Waals surface area contributed by atoms with Gasteiger partial charge in [-0.1, -0.05) is 6.07 Å². The highest BCUT2D eigenvalue weighted by atomic mass is 16.5. The molecule has 1 atom stereocenters. The van der Waals surface area contributed by atoms with E-state index in [9.17, 15) is 5.11 Å². The summed E-state index contributed by atoms with van der Waals surface area (Å²) in [6.07, 6.45) is 5.89. The minimum Gasteiger partial charge on any atom is -0.389 e. The first kappa shape index (κ1) is 19.9. The zero-order valence-corrected chi connectivity index (χ0v) is 16.3. The average molecular weight is 376 g/mol. The normalized spacial score (nSPS) is 19.8. The van der Waals surface area contributed by atoms with E-state index in [0.29, 0.717) is 19.2 Å². The minimum atomic E-state index is -0.551. The number of hydrogen-bond donors (Lipinski definition) is 3. The van der Waals surface area contributed by atoms with Gasteiger partial charge in [-0.15, -0.1) is 0 Å². The Hall–Kier alpha value is -1.86. The molecule has 2 aliphatic rings. The van der Waals surface area contributed by atoms with E-state index in [1.165, 1.54) is 12.8 Å². The Labute approximate surface area is 162 Å². The monoisotopic (exact) mass is 375 g/mol. The molecular weight excluding hydrogens is 342 g/mol. The van der Waals surface area contributed by atoms with E-state index in [2.05, 4.69) is 38.5 Å². The predicted molar refractivity (Wildman–Crippen MR) is 108 cm³/mol. The van der Waals surface area contributed by atoms with Gasteiger partial charge in [0.05, 0.1) is 19.3 Å². The van der Waals surface area contributed by atoms with Crippen LogP contribution in [0.3, 0.4) is 0 Å². The summed E-state index contributed by atoms with van der Waals surface area (Å²) in [4.78, 5) is 11.3. The number of anilines is 1. The molecule has 0 aromatic carbocycles. The summed E-state index contributed by atoms with van der Waals surface area (Å²) in [5.41, 5.74) is 0. The van der Waals surface area contributed by atoms with Gasteiger partial charge < -0.3 is 25.4 Å². The van der Waals surface area contributed by atoms with E-state index in [1.54, 1.807) is 0 Å². The molecule has 0 spiro atoms. The topological polar surface area (TPSA) is 82.0 Å². The highest BCUT2D eigenvalue weighted by Gasteiger charge is 2.22. The van der Waals surface area contributed by atoms with E-state index in [1.807, 2.05) is 18.3 Å². The standard InChI is InChI=1S/C20H33N5O2/c1-2-21-20(23-13-18(26)15-27-14-16-6-7-16)24-17-8-11-25(12-9-17)19-5-3-4-10-22-19/h3-5,10,16-18,26H,2,6-9,11-15H2,1H3,(H2,21,23,24). The molecule has 3 N–H and O–H groups in total. The van der Waals surface area contributed by atoms with Crippen molar-refractivity contribution in [3.05, 3.63) is 24.4 Å². The number of nitrogens with one attached hydrogen (secondary N) is 2. The first-order valence-electron chi connectivity index (χ1n) is 10.2. The lowest BCUT2D eigenvalue weighted by Gasteiger charge is -2.33. The Bertz CT molecular complexity index is 571. The van der Waals surface area contributed by atoms with Crippen LogP contribution in [0.1, 0.15) is 32.6 Å². The van der Waals surface area contributed by atoms with Crippen molar-refractivity contribution >= 4 is 11.8 Å². The summed E-state index contributed by atoms with van der Waals surface area (Å²) in [6.45, 7) is 6.29. The maximum atomic E-state index is 10.1. The molecule has 27 heavy (non-hydrogen) atoms. The second-order valence-electron chi connectivity index (χ2n) is 7.45. The number of guanidine groups is 1. The lowest BCUT2D eigenvalue weighted by molar-refractivity contribution is 0.0368. The van der Waals surface area contributed by atoms with Crippen LogP contribution in [0.15, 0.2) is 29.4 Å². The number of nitrogens with zero attached hydrogens (tertiary/aromatic N) is 3. The molecule has 1 aliphatic carbocycles. The van der Waals surface area contributed by atoms with Crippen molar-refractivity contribution in [1.29, 1.82) is 0 Å². The second kappa shape index (κ2) is 10.5. The molecule has 1 saturated carbocycles. The second-order valence-corrected chi connectivity index (χ2v) is 7.45. The number of ether oxygens (including phenoxy) is 1. The van der Waals surface area contributed by atoms with Gasteiger partial charge in [0, 0.05) is 38.5 Å². The predicted octanol–water partition coefficient (Wildman–Crippen LogP) is 1.39. The third kappa shape index (κ3) is 6.99. The third-order valence-corrected chi connectivity index (χ3v) is 4.97. The molecule has 1 aliphatic heterocycles. The highest BCUT2D eigenvalue weighted by Crippen LogP contribution is 2.28. The lowest BCUT2D eigenvalue weighted by Crippen LogP contribution is -2.49. The summed E-state index contributed by atoms with van der Waals surface area (Å²) < 4.78 is 5.54. The van der Waals surface area contributed by atoms with Crippen LogP contribution in [0.5, 0.6) is 0 Å². The van der Waals surface area contributed by atoms with Crippen molar-refractivity contribution in [2.24, 2.45) is 10.9 Å². The molecule has 1 aromatic heterocycles. The molecule has 2 fully saturated rings. The van der Waals surface area contributed by atoms with Gasteiger partial charge in [0.2, 0.25) is 0 Å². The van der Waals surface area contributed by atoms with Gasteiger partial charge in [-0.3, -0.25) is 4.99 Å². The number of rotatable bonds is 9. The maximum Gasteiger partial charge on any atom is 0.191 e. The van der Waals surface area contributed by atoms with Gasteiger partial charge in [0.25, 0.3) is 0 Å². The van der Waals surface area contributed by atoms with Crippen LogP contribution >= 0.6 is 0 Å². The van der Waals surface area contributed by atoms with Gasteiger partial charge >= 0.3 is 0 Å². The Kier molecular flexibility index (Phi) is 7.71. The quantitative estimate of drug-likeness (QED) is 0.447. The van der Waals surface area contributed by atoms with Crippen LogP contribution in [-0.2, 0) is 4.74 Å². The van der Waals surface area contributed by atoms with Gasteiger partial charge in [-0.2, -0.15) is 0 Å². The van der Waals surface area contributed by atoms with Crippen LogP contribution in [0.25, 0.3) is 0 Å². The molecule has 0 amide bonds. The van der Waals surface area contributed by atoms with Crippen molar-refractivity contribution in [1.82, 2.24) is 15.6 Å². The average Bonchev–Trinajstić information content (AvgIpc) is 3.52. The van der Waals surface area contributed by atoms with E-state index in [4.69, 9.17) is 4.74 Å². The van der Waals surface area contributed by atoms with Crippen LogP contribution in [0.4, 0.5) is 5.82 Å². The van der Waals surface area contributed by atoms with Crippen LogP contribution in [0, 0.1) is 5.92 Å². The van der Waals surface area contributed by atoms with E-state index in [-0.39, 0.29) is 0 Å². The van der Waals surface area contributed by atoms with Crippen LogP contribution < -0.4 is 15.5 Å². The van der Waals surface area contributed by atoms with Gasteiger partial charge in [0.1, 0.15) is 5.82 Å². The number of aliphatic hydroxyl groups is 1. The van der Waals surface area contributed by atoms with Gasteiger partial charge in [-0.05, 0) is 50.7 Å². The number of aliphatic imine (C=N–C) groups is 1. The SMILES string of the molecule is CCNC(=NCC(O)COCC1CC1)NC1CCN(c2ccccn2)CC1. The highest BCUT2D eigenvalue weighted by molar-refractivity contribution is 5.80. The largest absolute Gasteiger partial charge is 0.389 e. The zero-order chi connectivity index (χ0) is 18.9. The van der Waals surface area contributed by atoms with Crippen molar-refractivity contribution in [3.63, 3.8) is 0 Å². The number of hydrogen-bond acceptors (Lipinski definition) is 5. The number of aromatic nitrogens is 1. The Morgan fingerprint density at radius 3 is 2.81 bits per heavy atom. The van der Waals surface area contributed by atoms with Crippen molar-refractivity contribution in [2.45, 2.75) is 44.8 Å². The molecule has 7 nitrogen and oxygen atoms in total. The fraction of sp³-hybridized carbons (Fsp3) is 0.700. The molecular formula is C20H33N5O2. The number of piperidine rings is 1. The lowest BCUT2D eigenvalue weighted by atomic mass is 10.1. The summed E-state index contributed by atoms with van der Waals surface area (Å²) in [5, 5.41) is 16.8. The van der Waals surface area contributed by atoms with E-state index >= 15 is 0 Å². The Balaban J connectivity index is 1.40. The fourth-order valence-electron chi connectivity index (χ4n) is 3.21. The molecule has 0 radical (unpaired) electrons. The van der Waals surface area contributed by atoms with E-state index in [0.717, 1.165) is 56.8 Å². The molecule has 3 rings (SSSR count). The first-order valence-corrected chi connectivity index (χ1v) is 10.2. The summed E-state index contributed by atoms with van der Waals surface area (Å²) >= 11 is 0. The molecule has 1 unspecified atom stereocenters. The maximum absolute atomic E-state index is 10.1. The van der Waals surface area contributed by atoms with Crippen molar-refractivity contribution < 1.29 is 9.84 Å². The molecule has 0 bridgehead atoms. The summed E-state index contributed by atoms with van der Waals surface area (Å²) in [6, 6.07) is 6.42. The van der Waals surface area contributed by atoms with E-state index < -0.39 is 6.10 Å². The van der Waals surface area contributed by atoms with Crippen LogP contribution in [0.2, 0.25) is 0 Å².